The van der Waals surface area contributed by atoms with E-state index in [1.807, 2.05) is 6.07 Å². The first-order chi connectivity index (χ1) is 6.17. The van der Waals surface area contributed by atoms with Gasteiger partial charge in [0.25, 0.3) is 0 Å². The molecule has 0 aliphatic rings. The minimum atomic E-state index is 0.332. The van der Waals surface area contributed by atoms with Crippen LogP contribution in [0.5, 0.6) is 0 Å². The molecule has 0 spiro atoms. The lowest BCUT2D eigenvalue weighted by atomic mass is 10.2. The van der Waals surface area contributed by atoms with Crippen molar-refractivity contribution in [1.82, 2.24) is 9.97 Å². The van der Waals surface area contributed by atoms with E-state index in [9.17, 15) is 0 Å². The maximum absolute atomic E-state index is 4.32. The Hall–Kier alpha value is -1.44. The Morgan fingerprint density at radius 1 is 1.15 bits per heavy atom. The molecule has 1 heterocycles. The third-order valence-corrected chi connectivity index (χ3v) is 1.72. The van der Waals surface area contributed by atoms with Crippen LogP contribution in [-0.4, -0.2) is 9.97 Å². The first-order valence-electron chi connectivity index (χ1n) is 4.31. The molecule has 2 heteroatoms. The highest BCUT2D eigenvalue weighted by molar-refractivity contribution is 5.49. The average molecular weight is 174 g/mol. The molecule has 0 aromatic carbocycles. The minimum absolute atomic E-state index is 0.332. The molecule has 13 heavy (non-hydrogen) atoms. The summed E-state index contributed by atoms with van der Waals surface area (Å²) in [7, 11) is 0. The van der Waals surface area contributed by atoms with E-state index in [4.69, 9.17) is 0 Å². The van der Waals surface area contributed by atoms with Gasteiger partial charge in [0.2, 0.25) is 0 Å². The quantitative estimate of drug-likeness (QED) is 0.704. The van der Waals surface area contributed by atoms with Gasteiger partial charge in [-0.3, -0.25) is 0 Å². The molecule has 2 nitrogen and oxygen atoms in total. The van der Waals surface area contributed by atoms with Crippen molar-refractivity contribution in [3.8, 4) is 0 Å². The molecule has 1 aromatic heterocycles. The van der Waals surface area contributed by atoms with Gasteiger partial charge >= 0.3 is 0 Å². The zero-order valence-corrected chi connectivity index (χ0v) is 8.12. The van der Waals surface area contributed by atoms with E-state index in [2.05, 4.69) is 37.0 Å². The number of nitrogens with zero attached hydrogens (tertiary/aromatic N) is 2. The fourth-order valence-corrected chi connectivity index (χ4v) is 0.973. The van der Waals surface area contributed by atoms with Crippen LogP contribution in [0.3, 0.4) is 0 Å². The summed E-state index contributed by atoms with van der Waals surface area (Å²) in [6, 6.07) is 1.87. The Balaban J connectivity index is 3.22. The van der Waals surface area contributed by atoms with Gasteiger partial charge in [0.1, 0.15) is 5.82 Å². The summed E-state index contributed by atoms with van der Waals surface area (Å²) < 4.78 is 0. The molecule has 0 atom stereocenters. The molecule has 0 bridgehead atoms. The number of aromatic nitrogens is 2. The molecule has 0 radical (unpaired) electrons. The summed E-state index contributed by atoms with van der Waals surface area (Å²) in [6.07, 6.45) is 3.45. The van der Waals surface area contributed by atoms with Crippen LogP contribution in [-0.2, 0) is 0 Å². The van der Waals surface area contributed by atoms with Crippen LogP contribution in [0.4, 0.5) is 0 Å². The minimum Gasteiger partial charge on any atom is -0.233 e. The van der Waals surface area contributed by atoms with Crippen LogP contribution in [0.2, 0.25) is 0 Å². The molecule has 0 saturated carbocycles. The van der Waals surface area contributed by atoms with E-state index >= 15 is 0 Å². The Kier molecular flexibility index (Phi) is 2.96. The predicted octanol–water partition coefficient (Wildman–Crippen LogP) is 2.89. The zero-order valence-electron chi connectivity index (χ0n) is 8.12. The number of hydrogen-bond donors (Lipinski definition) is 0. The SMILES string of the molecule is C=Cc1cc(C=C)nc(C(C)C)n1. The summed E-state index contributed by atoms with van der Waals surface area (Å²) in [5, 5.41) is 0. The van der Waals surface area contributed by atoms with Gasteiger partial charge in [-0.15, -0.1) is 0 Å². The monoisotopic (exact) mass is 174 g/mol. The van der Waals surface area contributed by atoms with Crippen molar-refractivity contribution in [1.29, 1.82) is 0 Å². The van der Waals surface area contributed by atoms with Crippen LogP contribution in [0, 0.1) is 0 Å². The fraction of sp³-hybridized carbons (Fsp3) is 0.273. The predicted molar refractivity (Wildman–Crippen MR) is 56.3 cm³/mol. The molecule has 0 fully saturated rings. The molecule has 1 aromatic rings. The molecular formula is C11H14N2. The lowest BCUT2D eigenvalue weighted by Gasteiger charge is -2.05. The van der Waals surface area contributed by atoms with Gasteiger partial charge in [0.05, 0.1) is 11.4 Å². The van der Waals surface area contributed by atoms with Crippen LogP contribution in [0.1, 0.15) is 37.0 Å². The highest BCUT2D eigenvalue weighted by Gasteiger charge is 2.04. The van der Waals surface area contributed by atoms with E-state index in [1.54, 1.807) is 12.2 Å². The molecule has 0 N–H and O–H groups in total. The van der Waals surface area contributed by atoms with Gasteiger partial charge in [0.15, 0.2) is 0 Å². The van der Waals surface area contributed by atoms with Crippen molar-refractivity contribution in [2.24, 2.45) is 0 Å². The van der Waals surface area contributed by atoms with E-state index in [1.165, 1.54) is 0 Å². The fourth-order valence-electron chi connectivity index (χ4n) is 0.973. The van der Waals surface area contributed by atoms with Crippen molar-refractivity contribution < 1.29 is 0 Å². The lowest BCUT2D eigenvalue weighted by Crippen LogP contribution is -2.00. The van der Waals surface area contributed by atoms with E-state index < -0.39 is 0 Å². The Labute approximate surface area is 79.0 Å². The van der Waals surface area contributed by atoms with E-state index in [0.29, 0.717) is 5.92 Å². The Morgan fingerprint density at radius 3 is 1.92 bits per heavy atom. The van der Waals surface area contributed by atoms with Crippen molar-refractivity contribution in [2.75, 3.05) is 0 Å². The smallest absolute Gasteiger partial charge is 0.132 e. The largest absolute Gasteiger partial charge is 0.233 e. The Bertz CT molecular complexity index is 301. The van der Waals surface area contributed by atoms with Gasteiger partial charge in [-0.25, -0.2) is 9.97 Å². The van der Waals surface area contributed by atoms with Crippen LogP contribution in [0.15, 0.2) is 19.2 Å². The van der Waals surface area contributed by atoms with Crippen molar-refractivity contribution in [2.45, 2.75) is 19.8 Å². The molecule has 0 saturated heterocycles. The van der Waals surface area contributed by atoms with Crippen molar-refractivity contribution >= 4 is 12.2 Å². The third kappa shape index (κ3) is 2.25. The number of rotatable bonds is 3. The third-order valence-electron chi connectivity index (χ3n) is 1.72. The molecule has 0 unspecified atom stereocenters. The average Bonchev–Trinajstić information content (AvgIpc) is 2.16. The summed E-state index contributed by atoms with van der Waals surface area (Å²) in [5.74, 6) is 1.17. The second kappa shape index (κ2) is 3.99. The summed E-state index contributed by atoms with van der Waals surface area (Å²) >= 11 is 0. The topological polar surface area (TPSA) is 25.8 Å². The standard InChI is InChI=1S/C11H14N2/c1-5-9-7-10(6-2)13-11(12-9)8(3)4/h5-8H,1-2H2,3-4H3. The molecule has 0 amide bonds. The molecule has 68 valence electrons. The second-order valence-electron chi connectivity index (χ2n) is 3.14. The van der Waals surface area contributed by atoms with Gasteiger partial charge in [-0.05, 0) is 18.2 Å². The Morgan fingerprint density at radius 2 is 1.62 bits per heavy atom. The molecular weight excluding hydrogens is 160 g/mol. The van der Waals surface area contributed by atoms with Crippen LogP contribution >= 0.6 is 0 Å². The van der Waals surface area contributed by atoms with Gasteiger partial charge in [-0.2, -0.15) is 0 Å². The maximum Gasteiger partial charge on any atom is 0.132 e. The summed E-state index contributed by atoms with van der Waals surface area (Å²) in [4.78, 5) is 8.64. The zero-order chi connectivity index (χ0) is 9.84. The van der Waals surface area contributed by atoms with Crippen molar-refractivity contribution in [3.05, 3.63) is 36.4 Å². The first-order valence-corrected chi connectivity index (χ1v) is 4.31. The summed E-state index contributed by atoms with van der Waals surface area (Å²) in [6.45, 7) is 11.5. The van der Waals surface area contributed by atoms with E-state index in [0.717, 1.165) is 17.2 Å². The molecule has 0 aliphatic heterocycles. The highest BCUT2D eigenvalue weighted by Crippen LogP contribution is 2.12. The second-order valence-corrected chi connectivity index (χ2v) is 3.14. The van der Waals surface area contributed by atoms with Gasteiger partial charge in [-0.1, -0.05) is 27.0 Å². The van der Waals surface area contributed by atoms with Crippen LogP contribution in [0.25, 0.3) is 12.2 Å². The van der Waals surface area contributed by atoms with E-state index in [-0.39, 0.29) is 0 Å². The highest BCUT2D eigenvalue weighted by atomic mass is 14.9. The lowest BCUT2D eigenvalue weighted by molar-refractivity contribution is 0.770. The summed E-state index contributed by atoms with van der Waals surface area (Å²) in [5.41, 5.74) is 1.71. The van der Waals surface area contributed by atoms with Crippen LogP contribution < -0.4 is 0 Å². The van der Waals surface area contributed by atoms with Crippen molar-refractivity contribution in [3.63, 3.8) is 0 Å². The first kappa shape index (κ1) is 9.65. The normalized spacial score (nSPS) is 10.1. The molecule has 1 rings (SSSR count). The van der Waals surface area contributed by atoms with Gasteiger partial charge < -0.3 is 0 Å². The van der Waals surface area contributed by atoms with Gasteiger partial charge in [0, 0.05) is 5.92 Å². The molecule has 0 aliphatic carbocycles. The maximum atomic E-state index is 4.32. The number of hydrogen-bond acceptors (Lipinski definition) is 2.